The average Bonchev–Trinajstić information content (AvgIpc) is 4.21. The molecule has 0 fully saturated rings. The molecule has 80 heavy (non-hydrogen) atoms. The van der Waals surface area contributed by atoms with Crippen molar-refractivity contribution in [2.75, 3.05) is 4.81 Å². The van der Waals surface area contributed by atoms with Gasteiger partial charge < -0.3 is 18.2 Å². The molecule has 0 radical (unpaired) electrons. The normalized spacial score (nSPS) is 18.8. The predicted molar refractivity (Wildman–Crippen MR) is 340 cm³/mol. The van der Waals surface area contributed by atoms with E-state index < -0.39 is 0 Å². The fourth-order valence-corrected chi connectivity index (χ4v) is 16.3. The number of furan rings is 2. The molecule has 11 aromatic rings. The Labute approximate surface area is 472 Å². The summed E-state index contributed by atoms with van der Waals surface area (Å²) in [5.74, 6) is 0. The summed E-state index contributed by atoms with van der Waals surface area (Å²) in [6.07, 6.45) is 4.60. The lowest BCUT2D eigenvalue weighted by Gasteiger charge is -2.43. The summed E-state index contributed by atoms with van der Waals surface area (Å²) in [4.78, 5) is 2.71. The van der Waals surface area contributed by atoms with Gasteiger partial charge in [0, 0.05) is 54.7 Å². The Kier molecular flexibility index (Phi) is 9.12. The first-order valence-corrected chi connectivity index (χ1v) is 29.9. The molecule has 16 rings (SSSR count). The third-order valence-corrected chi connectivity index (χ3v) is 21.4. The number of hydrogen-bond acceptors (Lipinski definition) is 3. The molecule has 5 heterocycles. The summed E-state index contributed by atoms with van der Waals surface area (Å²) in [5, 5.41) is 7.34. The van der Waals surface area contributed by atoms with E-state index in [1.54, 1.807) is 0 Å². The van der Waals surface area contributed by atoms with Crippen LogP contribution in [0, 0.1) is 0 Å². The molecular weight excluding hydrogens is 972 g/mol. The van der Waals surface area contributed by atoms with Crippen LogP contribution in [0.3, 0.4) is 0 Å². The fraction of sp³-hybridized carbons (Fsp3) is 0.360. The molecule has 0 amide bonds. The van der Waals surface area contributed by atoms with Crippen molar-refractivity contribution in [3.63, 3.8) is 0 Å². The average molecular weight is 1050 g/mol. The van der Waals surface area contributed by atoms with Gasteiger partial charge in [0.15, 0.2) is 5.58 Å². The molecule has 0 saturated heterocycles. The number of anilines is 2. The lowest BCUT2D eigenvalue weighted by atomic mass is 9.43. The number of rotatable bonds is 1. The maximum Gasteiger partial charge on any atom is 0.333 e. The molecule has 0 unspecified atom stereocenters. The molecule has 0 spiro atoms. The Bertz CT molecular complexity index is 4660. The Hall–Kier alpha value is -6.98. The second kappa shape index (κ2) is 14.9. The van der Waals surface area contributed by atoms with Gasteiger partial charge in [-0.3, -0.25) is 0 Å². The molecule has 0 saturated carbocycles. The molecule has 5 heteroatoms. The minimum Gasteiger partial charge on any atom is -0.455 e. The first kappa shape index (κ1) is 48.9. The van der Waals surface area contributed by atoms with E-state index in [9.17, 15) is 0 Å². The summed E-state index contributed by atoms with van der Waals surface area (Å²) in [6.45, 7) is 38.3. The molecule has 0 bridgehead atoms. The van der Waals surface area contributed by atoms with Crippen molar-refractivity contribution in [1.82, 2.24) is 4.57 Å². The number of para-hydroxylation sites is 1. The van der Waals surface area contributed by atoms with E-state index in [2.05, 4.69) is 235 Å². The van der Waals surface area contributed by atoms with Gasteiger partial charge in [0.2, 0.25) is 0 Å². The second-order valence-corrected chi connectivity index (χ2v) is 30.6. The third kappa shape index (κ3) is 6.15. The fourth-order valence-electron chi connectivity index (χ4n) is 16.3. The third-order valence-electron chi connectivity index (χ3n) is 21.4. The molecule has 3 aliphatic carbocycles. The monoisotopic (exact) mass is 1050 g/mol. The maximum absolute atomic E-state index is 7.71. The lowest BCUT2D eigenvalue weighted by molar-refractivity contribution is 0.332. The van der Waals surface area contributed by atoms with Crippen LogP contribution in [0.15, 0.2) is 124 Å². The highest BCUT2D eigenvalue weighted by Gasteiger charge is 2.51. The van der Waals surface area contributed by atoms with Crippen LogP contribution in [-0.4, -0.2) is 11.4 Å². The summed E-state index contributed by atoms with van der Waals surface area (Å²) in [7, 11) is 0. The molecule has 0 N–H and O–H groups in total. The van der Waals surface area contributed by atoms with Gasteiger partial charge in [-0.25, -0.2) is 0 Å². The zero-order valence-corrected chi connectivity index (χ0v) is 50.1. The van der Waals surface area contributed by atoms with Gasteiger partial charge in [0.05, 0.1) is 16.7 Å². The standard InChI is InChI=1S/C75H75BN2O2/c1-69(2,3)40-24-26-56-45(32-40)48-33-41(70(4,5)6)34-55-66(48)77(56)59-37-54-62(44-20-17-18-22-49(44)75(54,15)16)64-63-57(27-25-43-47-36-51-53(39-61(47)80-68(43)63)74(13,14)31-29-72(51,9)10)78(76(55)65(59)64)58-23-19-21-42-46-35-50-52(38-60(46)79-67(42)58)73(11,12)30-28-71(50,7)8/h17-27,32-39H,28-31H2,1-16H3. The van der Waals surface area contributed by atoms with Crippen LogP contribution < -0.4 is 15.7 Å². The summed E-state index contributed by atoms with van der Waals surface area (Å²) < 4.78 is 17.9. The zero-order valence-electron chi connectivity index (χ0n) is 50.1. The minimum atomic E-state index is -0.276. The zero-order chi connectivity index (χ0) is 55.7. The summed E-state index contributed by atoms with van der Waals surface area (Å²) >= 11 is 0. The van der Waals surface area contributed by atoms with Gasteiger partial charge in [-0.05, 0) is 197 Å². The van der Waals surface area contributed by atoms with Gasteiger partial charge in [0.25, 0.3) is 0 Å². The van der Waals surface area contributed by atoms with Gasteiger partial charge in [-0.1, -0.05) is 159 Å². The highest BCUT2D eigenvalue weighted by molar-refractivity contribution is 6.94. The molecule has 0 atom stereocenters. The van der Waals surface area contributed by atoms with E-state index >= 15 is 0 Å². The van der Waals surface area contributed by atoms with Gasteiger partial charge in [0.1, 0.15) is 16.7 Å². The van der Waals surface area contributed by atoms with E-state index in [4.69, 9.17) is 8.83 Å². The molecule has 3 aromatic heterocycles. The Morgan fingerprint density at radius 3 is 1.62 bits per heavy atom. The number of benzene rings is 8. The van der Waals surface area contributed by atoms with Crippen molar-refractivity contribution in [3.05, 3.63) is 160 Å². The SMILES string of the molecule is CC(C)(C)c1ccc2c(c1)c1cc(C(C)(C)C)cc3c1n2-c1cc2c(c4c1B3N(c1cccc3c1oc1cc5c(cc13)C(C)(C)CCC5(C)C)c1ccc3c(oc5cc6c(cc53)C(C)(C)CCC6(C)C)c1-4)-c1ccccc1C2(C)C. The Morgan fingerprint density at radius 1 is 0.425 bits per heavy atom. The first-order chi connectivity index (χ1) is 37.7. The minimum absolute atomic E-state index is 0.0301. The van der Waals surface area contributed by atoms with Crippen molar-refractivity contribution in [2.45, 2.75) is 174 Å². The number of nitrogens with zero attached hydrogens (tertiary/aromatic N) is 2. The van der Waals surface area contributed by atoms with Crippen LogP contribution in [0.1, 0.15) is 181 Å². The summed E-state index contributed by atoms with van der Waals surface area (Å²) in [5.41, 5.74) is 28.4. The van der Waals surface area contributed by atoms with Crippen molar-refractivity contribution in [1.29, 1.82) is 0 Å². The quantitative estimate of drug-likeness (QED) is 0.154. The van der Waals surface area contributed by atoms with Crippen molar-refractivity contribution in [2.24, 2.45) is 0 Å². The van der Waals surface area contributed by atoms with Crippen LogP contribution in [0.5, 0.6) is 0 Å². The maximum atomic E-state index is 7.71. The number of fused-ring (bicyclic) bond motifs is 20. The van der Waals surface area contributed by atoms with Gasteiger partial charge in [-0.15, -0.1) is 0 Å². The summed E-state index contributed by atoms with van der Waals surface area (Å²) in [6, 6.07) is 46.1. The van der Waals surface area contributed by atoms with Crippen LogP contribution in [0.2, 0.25) is 0 Å². The van der Waals surface area contributed by atoms with Gasteiger partial charge in [-0.2, -0.15) is 0 Å². The van der Waals surface area contributed by atoms with E-state index in [0.29, 0.717) is 0 Å². The van der Waals surface area contributed by atoms with E-state index in [0.717, 1.165) is 70.3 Å². The lowest BCUT2D eigenvalue weighted by Crippen LogP contribution is -2.61. The van der Waals surface area contributed by atoms with E-state index in [-0.39, 0.29) is 44.8 Å². The second-order valence-electron chi connectivity index (χ2n) is 30.6. The Morgan fingerprint density at radius 2 is 1.00 bits per heavy atom. The predicted octanol–water partition coefficient (Wildman–Crippen LogP) is 19.4. The number of aromatic nitrogens is 1. The molecule has 4 nitrogen and oxygen atoms in total. The highest BCUT2D eigenvalue weighted by atomic mass is 16.3. The van der Waals surface area contributed by atoms with Crippen LogP contribution in [0.25, 0.3) is 93.6 Å². The molecule has 400 valence electrons. The van der Waals surface area contributed by atoms with Gasteiger partial charge >= 0.3 is 6.85 Å². The molecule has 8 aromatic carbocycles. The largest absolute Gasteiger partial charge is 0.455 e. The number of hydrogen-bond donors (Lipinski definition) is 0. The topological polar surface area (TPSA) is 34.5 Å². The molecule has 2 aliphatic heterocycles. The van der Waals surface area contributed by atoms with Crippen LogP contribution >= 0.6 is 0 Å². The van der Waals surface area contributed by atoms with E-state index in [1.807, 2.05) is 0 Å². The molecule has 5 aliphatic rings. The van der Waals surface area contributed by atoms with Crippen molar-refractivity contribution in [3.8, 4) is 27.9 Å². The van der Waals surface area contributed by atoms with Crippen LogP contribution in [-0.2, 0) is 37.9 Å². The van der Waals surface area contributed by atoms with Crippen molar-refractivity contribution < 1.29 is 8.83 Å². The van der Waals surface area contributed by atoms with E-state index in [1.165, 1.54) is 116 Å². The molecular formula is C75H75BN2O2. The Balaban J connectivity index is 1.11. The smallest absolute Gasteiger partial charge is 0.333 e. The first-order valence-electron chi connectivity index (χ1n) is 29.9. The van der Waals surface area contributed by atoms with Crippen molar-refractivity contribution >= 4 is 94.8 Å². The highest BCUT2D eigenvalue weighted by Crippen LogP contribution is 2.60. The van der Waals surface area contributed by atoms with Crippen LogP contribution in [0.4, 0.5) is 11.4 Å².